The van der Waals surface area contributed by atoms with Gasteiger partial charge in [-0.2, -0.15) is 0 Å². The van der Waals surface area contributed by atoms with Gasteiger partial charge in [0.25, 0.3) is 5.91 Å². The number of furan rings is 1. The molecule has 0 unspecified atom stereocenters. The van der Waals surface area contributed by atoms with Crippen molar-refractivity contribution in [3.05, 3.63) is 71.2 Å². The van der Waals surface area contributed by atoms with Crippen LogP contribution < -0.4 is 5.32 Å². The van der Waals surface area contributed by atoms with Crippen molar-refractivity contribution in [1.82, 2.24) is 5.32 Å². The van der Waals surface area contributed by atoms with E-state index in [1.54, 1.807) is 24.3 Å². The highest BCUT2D eigenvalue weighted by Crippen LogP contribution is 2.27. The van der Waals surface area contributed by atoms with E-state index in [-0.39, 0.29) is 23.7 Å². The van der Waals surface area contributed by atoms with Crippen LogP contribution in [0, 0.1) is 0 Å². The van der Waals surface area contributed by atoms with Crippen molar-refractivity contribution in [2.45, 2.75) is 45.6 Å². The van der Waals surface area contributed by atoms with Crippen LogP contribution in [0.2, 0.25) is 0 Å². The molecule has 2 rings (SSSR count). The molecule has 27 heavy (non-hydrogen) atoms. The number of unbranched alkanes of at least 4 members (excludes halogenated alkanes) is 1. The average Bonchev–Trinajstić information content (AvgIpc) is 3.24. The first-order chi connectivity index (χ1) is 13.1. The maximum absolute atomic E-state index is 12.6. The number of rotatable bonds is 9. The third kappa shape index (κ3) is 5.58. The van der Waals surface area contributed by atoms with Gasteiger partial charge < -0.3 is 14.5 Å². The number of methoxy groups -OCH3 is 1. The lowest BCUT2D eigenvalue weighted by molar-refractivity contribution is 0.0600. The van der Waals surface area contributed by atoms with Crippen LogP contribution in [0.4, 0.5) is 0 Å². The van der Waals surface area contributed by atoms with E-state index in [0.717, 1.165) is 36.8 Å². The van der Waals surface area contributed by atoms with Gasteiger partial charge in [0.2, 0.25) is 0 Å². The van der Waals surface area contributed by atoms with Crippen molar-refractivity contribution in [1.29, 1.82) is 0 Å². The predicted octanol–water partition coefficient (Wildman–Crippen LogP) is 5.06. The highest BCUT2D eigenvalue weighted by molar-refractivity contribution is 5.92. The monoisotopic (exact) mass is 369 g/mol. The highest BCUT2D eigenvalue weighted by atomic mass is 16.5. The van der Waals surface area contributed by atoms with E-state index in [0.29, 0.717) is 5.56 Å². The number of benzene rings is 1. The SMILES string of the molecule is CCCC=C(CCC)[C@@H](NC(=O)c1ccco1)c1ccc(C(=O)OC)cc1. The third-order valence-corrected chi connectivity index (χ3v) is 4.29. The van der Waals surface area contributed by atoms with Gasteiger partial charge in [0.05, 0.1) is 25.0 Å². The van der Waals surface area contributed by atoms with Gasteiger partial charge in [-0.15, -0.1) is 0 Å². The van der Waals surface area contributed by atoms with Crippen LogP contribution in [0.25, 0.3) is 0 Å². The summed E-state index contributed by atoms with van der Waals surface area (Å²) in [6.45, 7) is 4.24. The van der Waals surface area contributed by atoms with Crippen LogP contribution in [0.1, 0.15) is 72.0 Å². The number of hydrogen-bond donors (Lipinski definition) is 1. The fourth-order valence-corrected chi connectivity index (χ4v) is 2.91. The number of carbonyl (C=O) groups excluding carboxylic acids is 2. The topological polar surface area (TPSA) is 68.5 Å². The molecule has 5 heteroatoms. The third-order valence-electron chi connectivity index (χ3n) is 4.29. The van der Waals surface area contributed by atoms with Crippen LogP contribution in [0.3, 0.4) is 0 Å². The molecule has 0 bridgehead atoms. The Morgan fingerprint density at radius 1 is 1.15 bits per heavy atom. The summed E-state index contributed by atoms with van der Waals surface area (Å²) >= 11 is 0. The lowest BCUT2D eigenvalue weighted by Gasteiger charge is -2.22. The Kier molecular flexibility index (Phi) is 7.86. The van der Waals surface area contributed by atoms with Crippen molar-refractivity contribution < 1.29 is 18.7 Å². The molecule has 5 nitrogen and oxygen atoms in total. The Hall–Kier alpha value is -2.82. The summed E-state index contributed by atoms with van der Waals surface area (Å²) in [6, 6.07) is 10.2. The zero-order chi connectivity index (χ0) is 19.6. The van der Waals surface area contributed by atoms with Crippen molar-refractivity contribution in [3.8, 4) is 0 Å². The minimum absolute atomic E-state index is 0.263. The van der Waals surface area contributed by atoms with Crippen LogP contribution in [-0.2, 0) is 4.74 Å². The average molecular weight is 369 g/mol. The molecule has 0 aliphatic rings. The minimum Gasteiger partial charge on any atom is -0.465 e. The van der Waals surface area contributed by atoms with Gasteiger partial charge in [0.15, 0.2) is 5.76 Å². The van der Waals surface area contributed by atoms with E-state index < -0.39 is 0 Å². The lowest BCUT2D eigenvalue weighted by atomic mass is 9.93. The van der Waals surface area contributed by atoms with Gasteiger partial charge in [-0.25, -0.2) is 4.79 Å². The van der Waals surface area contributed by atoms with Crippen LogP contribution in [0.15, 0.2) is 58.7 Å². The maximum Gasteiger partial charge on any atom is 0.337 e. The summed E-state index contributed by atoms with van der Waals surface area (Å²) in [6.07, 6.45) is 7.51. The Bertz CT molecular complexity index is 760. The molecule has 0 saturated heterocycles. The molecule has 1 N–H and O–H groups in total. The number of allylic oxidation sites excluding steroid dienone is 1. The molecule has 1 amide bonds. The largest absolute Gasteiger partial charge is 0.465 e. The number of amides is 1. The van der Waals surface area contributed by atoms with E-state index in [9.17, 15) is 9.59 Å². The molecule has 0 saturated carbocycles. The van der Waals surface area contributed by atoms with Crippen molar-refractivity contribution in [2.24, 2.45) is 0 Å². The lowest BCUT2D eigenvalue weighted by Crippen LogP contribution is -2.29. The summed E-state index contributed by atoms with van der Waals surface area (Å²) in [7, 11) is 1.36. The Labute approximate surface area is 160 Å². The molecule has 1 aromatic heterocycles. The summed E-state index contributed by atoms with van der Waals surface area (Å²) < 4.78 is 9.98. The Balaban J connectivity index is 2.35. The molecule has 1 heterocycles. The molecule has 0 aliphatic carbocycles. The molecule has 1 atom stereocenters. The van der Waals surface area contributed by atoms with E-state index in [1.807, 2.05) is 12.1 Å². The van der Waals surface area contributed by atoms with Gasteiger partial charge in [-0.05, 0) is 48.2 Å². The predicted molar refractivity (Wildman–Crippen MR) is 105 cm³/mol. The molecule has 0 fully saturated rings. The first-order valence-corrected chi connectivity index (χ1v) is 9.32. The second-order valence-corrected chi connectivity index (χ2v) is 6.32. The first kappa shape index (κ1) is 20.5. The normalized spacial score (nSPS) is 12.5. The van der Waals surface area contributed by atoms with Crippen LogP contribution in [-0.4, -0.2) is 19.0 Å². The second-order valence-electron chi connectivity index (χ2n) is 6.32. The Morgan fingerprint density at radius 3 is 2.44 bits per heavy atom. The Morgan fingerprint density at radius 2 is 1.89 bits per heavy atom. The fourth-order valence-electron chi connectivity index (χ4n) is 2.91. The van der Waals surface area contributed by atoms with Crippen molar-refractivity contribution in [2.75, 3.05) is 7.11 Å². The van der Waals surface area contributed by atoms with E-state index in [4.69, 9.17) is 9.15 Å². The number of hydrogen-bond acceptors (Lipinski definition) is 4. The molecule has 0 radical (unpaired) electrons. The van der Waals surface area contributed by atoms with Crippen molar-refractivity contribution in [3.63, 3.8) is 0 Å². The molecule has 1 aromatic carbocycles. The van der Waals surface area contributed by atoms with E-state index in [1.165, 1.54) is 13.4 Å². The smallest absolute Gasteiger partial charge is 0.337 e. The maximum atomic E-state index is 12.6. The van der Waals surface area contributed by atoms with E-state index >= 15 is 0 Å². The number of carbonyl (C=O) groups is 2. The molecular formula is C22H27NO4. The van der Waals surface area contributed by atoms with Gasteiger partial charge >= 0.3 is 5.97 Å². The summed E-state index contributed by atoms with van der Waals surface area (Å²) in [4.78, 5) is 24.3. The van der Waals surface area contributed by atoms with Crippen LogP contribution in [0.5, 0.6) is 0 Å². The number of nitrogens with one attached hydrogen (secondary N) is 1. The zero-order valence-electron chi connectivity index (χ0n) is 16.2. The number of ether oxygens (including phenoxy) is 1. The molecular weight excluding hydrogens is 342 g/mol. The molecule has 0 aliphatic heterocycles. The van der Waals surface area contributed by atoms with Crippen LogP contribution >= 0.6 is 0 Å². The van der Waals surface area contributed by atoms with Gasteiger partial charge in [0.1, 0.15) is 0 Å². The molecule has 2 aromatic rings. The fraction of sp³-hybridized carbons (Fsp3) is 0.364. The van der Waals surface area contributed by atoms with Gasteiger partial charge in [-0.1, -0.05) is 44.9 Å². The molecule has 144 valence electrons. The standard InChI is InChI=1S/C22H27NO4/c1-4-6-9-16(8-5-2)20(23-21(24)19-10-7-15-27-19)17-11-13-18(14-12-17)22(25)26-3/h7,9-15,20H,4-6,8H2,1-3H3,(H,23,24)/t20-/m1/s1. The summed E-state index contributed by atoms with van der Waals surface area (Å²) in [5.41, 5.74) is 2.55. The quantitative estimate of drug-likeness (QED) is 0.495. The molecule has 0 spiro atoms. The van der Waals surface area contributed by atoms with E-state index in [2.05, 4.69) is 25.2 Å². The number of esters is 1. The van der Waals surface area contributed by atoms with Gasteiger partial charge in [-0.3, -0.25) is 4.79 Å². The minimum atomic E-state index is -0.381. The summed E-state index contributed by atoms with van der Waals surface area (Å²) in [5.74, 6) is -0.369. The highest BCUT2D eigenvalue weighted by Gasteiger charge is 2.21. The second kappa shape index (κ2) is 10.4. The van der Waals surface area contributed by atoms with Gasteiger partial charge in [0, 0.05) is 0 Å². The zero-order valence-corrected chi connectivity index (χ0v) is 16.2. The first-order valence-electron chi connectivity index (χ1n) is 9.32. The van der Waals surface area contributed by atoms with Crippen molar-refractivity contribution >= 4 is 11.9 Å². The summed E-state index contributed by atoms with van der Waals surface area (Å²) in [5, 5.41) is 3.08.